The van der Waals surface area contributed by atoms with Crippen LogP contribution < -0.4 is 10.6 Å². The van der Waals surface area contributed by atoms with Gasteiger partial charge in [-0.25, -0.2) is 0 Å². The number of amides is 1. The van der Waals surface area contributed by atoms with Crippen molar-refractivity contribution in [2.45, 2.75) is 31.0 Å². The van der Waals surface area contributed by atoms with Crippen molar-refractivity contribution < 1.29 is 4.79 Å². The average molecular weight is 399 g/mol. The Bertz CT molecular complexity index is 906. The Morgan fingerprint density at radius 2 is 1.85 bits per heavy atom. The molecule has 7 heteroatoms. The molecule has 2 aromatic carbocycles. The van der Waals surface area contributed by atoms with Crippen LogP contribution in [0.25, 0.3) is 0 Å². The second-order valence-electron chi connectivity index (χ2n) is 6.44. The molecule has 0 aliphatic carbocycles. The zero-order valence-electron chi connectivity index (χ0n) is 15.5. The Kier molecular flexibility index (Phi) is 6.47. The number of aromatic nitrogens is 2. The maximum Gasteiger partial charge on any atom is 0.234 e. The van der Waals surface area contributed by atoms with Gasteiger partial charge in [0.2, 0.25) is 11.0 Å². The zero-order valence-corrected chi connectivity index (χ0v) is 17.2. The Morgan fingerprint density at radius 1 is 1.11 bits per heavy atom. The van der Waals surface area contributed by atoms with Crippen LogP contribution in [0.2, 0.25) is 0 Å². The molecule has 0 fully saturated rings. The van der Waals surface area contributed by atoms with Gasteiger partial charge in [-0.2, -0.15) is 0 Å². The molecule has 2 N–H and O–H groups in total. The molecule has 0 bridgehead atoms. The van der Waals surface area contributed by atoms with Crippen LogP contribution in [0.1, 0.15) is 30.9 Å². The third kappa shape index (κ3) is 5.55. The molecule has 27 heavy (non-hydrogen) atoms. The highest BCUT2D eigenvalue weighted by molar-refractivity contribution is 8.01. The van der Waals surface area contributed by atoms with Crippen LogP contribution in [0.3, 0.4) is 0 Å². The van der Waals surface area contributed by atoms with Crippen LogP contribution in [-0.2, 0) is 4.79 Å². The van der Waals surface area contributed by atoms with E-state index in [1.165, 1.54) is 28.7 Å². The molecule has 0 atom stereocenters. The number of aryl methyl sites for hydroxylation is 1. The fraction of sp³-hybridized carbons (Fsp3) is 0.250. The smallest absolute Gasteiger partial charge is 0.234 e. The highest BCUT2D eigenvalue weighted by atomic mass is 32.2. The first-order chi connectivity index (χ1) is 13.0. The Hall–Kier alpha value is -2.38. The summed E-state index contributed by atoms with van der Waals surface area (Å²) in [6, 6.07) is 16.0. The maximum absolute atomic E-state index is 12.3. The number of hydrogen-bond donors (Lipinski definition) is 2. The fourth-order valence-corrected chi connectivity index (χ4v) is 4.08. The Morgan fingerprint density at radius 3 is 2.59 bits per heavy atom. The van der Waals surface area contributed by atoms with Crippen LogP contribution in [-0.4, -0.2) is 21.9 Å². The van der Waals surface area contributed by atoms with Gasteiger partial charge in [-0.05, 0) is 36.6 Å². The van der Waals surface area contributed by atoms with E-state index in [1.54, 1.807) is 0 Å². The third-order valence-electron chi connectivity index (χ3n) is 3.89. The highest BCUT2D eigenvalue weighted by Gasteiger charge is 2.11. The van der Waals surface area contributed by atoms with Gasteiger partial charge in [-0.1, -0.05) is 72.8 Å². The van der Waals surface area contributed by atoms with E-state index < -0.39 is 0 Å². The molecular formula is C20H22N4OS2. The quantitative estimate of drug-likeness (QED) is 0.518. The molecule has 0 aliphatic heterocycles. The molecule has 0 radical (unpaired) electrons. The van der Waals surface area contributed by atoms with Crippen molar-refractivity contribution in [3.05, 3.63) is 59.7 Å². The lowest BCUT2D eigenvalue weighted by molar-refractivity contribution is -0.113. The summed E-state index contributed by atoms with van der Waals surface area (Å²) in [6.07, 6.45) is 0. The SMILES string of the molecule is Cc1ccc(Nc2nnc(SCC(=O)Nc3ccccc3C(C)C)s2)cc1. The normalized spacial score (nSPS) is 10.8. The summed E-state index contributed by atoms with van der Waals surface area (Å²) in [6.45, 7) is 6.28. The van der Waals surface area contributed by atoms with E-state index >= 15 is 0 Å². The number of benzene rings is 2. The molecule has 3 rings (SSSR count). The maximum atomic E-state index is 12.3. The van der Waals surface area contributed by atoms with Crippen molar-refractivity contribution in [3.63, 3.8) is 0 Å². The minimum atomic E-state index is -0.0451. The summed E-state index contributed by atoms with van der Waals surface area (Å²) >= 11 is 2.83. The number of carbonyl (C=O) groups excluding carboxylic acids is 1. The largest absolute Gasteiger partial charge is 0.330 e. The summed E-state index contributed by atoms with van der Waals surface area (Å²) in [5.74, 6) is 0.607. The number of nitrogens with zero attached hydrogens (tertiary/aromatic N) is 2. The van der Waals surface area contributed by atoms with E-state index in [-0.39, 0.29) is 5.91 Å². The monoisotopic (exact) mass is 398 g/mol. The number of thioether (sulfide) groups is 1. The molecule has 1 aromatic heterocycles. The van der Waals surface area contributed by atoms with Gasteiger partial charge in [-0.15, -0.1) is 10.2 Å². The molecule has 0 unspecified atom stereocenters. The van der Waals surface area contributed by atoms with E-state index in [2.05, 4.69) is 34.7 Å². The Labute approximate surface area is 167 Å². The topological polar surface area (TPSA) is 66.9 Å². The first kappa shape index (κ1) is 19.4. The van der Waals surface area contributed by atoms with Gasteiger partial charge in [0.1, 0.15) is 0 Å². The minimum Gasteiger partial charge on any atom is -0.330 e. The van der Waals surface area contributed by atoms with E-state index in [4.69, 9.17) is 0 Å². The molecule has 1 heterocycles. The Balaban J connectivity index is 1.54. The third-order valence-corrected chi connectivity index (χ3v) is 5.86. The number of hydrogen-bond acceptors (Lipinski definition) is 6. The molecule has 1 amide bonds. The van der Waals surface area contributed by atoms with Crippen molar-refractivity contribution in [2.24, 2.45) is 0 Å². The van der Waals surface area contributed by atoms with Gasteiger partial charge in [-0.3, -0.25) is 4.79 Å². The summed E-state index contributed by atoms with van der Waals surface area (Å²) in [4.78, 5) is 12.3. The number of rotatable bonds is 7. The predicted molar refractivity (Wildman–Crippen MR) is 114 cm³/mol. The molecule has 3 aromatic rings. The van der Waals surface area contributed by atoms with Gasteiger partial charge in [0.25, 0.3) is 0 Å². The molecule has 0 aliphatic rings. The second kappa shape index (κ2) is 9.01. The van der Waals surface area contributed by atoms with Crippen LogP contribution in [0.15, 0.2) is 52.9 Å². The van der Waals surface area contributed by atoms with Gasteiger partial charge >= 0.3 is 0 Å². The van der Waals surface area contributed by atoms with Gasteiger partial charge in [0, 0.05) is 11.4 Å². The van der Waals surface area contributed by atoms with Crippen molar-refractivity contribution in [1.29, 1.82) is 0 Å². The number of anilines is 3. The number of para-hydroxylation sites is 1. The lowest BCUT2D eigenvalue weighted by Crippen LogP contribution is -2.15. The fourth-order valence-electron chi connectivity index (χ4n) is 2.51. The summed E-state index contributed by atoms with van der Waals surface area (Å²) in [5.41, 5.74) is 4.18. The number of carbonyl (C=O) groups is 1. The van der Waals surface area contributed by atoms with Crippen molar-refractivity contribution in [2.75, 3.05) is 16.4 Å². The van der Waals surface area contributed by atoms with Crippen LogP contribution in [0.4, 0.5) is 16.5 Å². The van der Waals surface area contributed by atoms with E-state index in [0.29, 0.717) is 16.8 Å². The summed E-state index contributed by atoms with van der Waals surface area (Å²) in [7, 11) is 0. The van der Waals surface area contributed by atoms with Gasteiger partial charge in [0.05, 0.1) is 5.75 Å². The van der Waals surface area contributed by atoms with E-state index in [0.717, 1.165) is 21.3 Å². The zero-order chi connectivity index (χ0) is 19.2. The first-order valence-electron chi connectivity index (χ1n) is 8.70. The van der Waals surface area contributed by atoms with Crippen LogP contribution in [0.5, 0.6) is 0 Å². The van der Waals surface area contributed by atoms with E-state index in [1.807, 2.05) is 55.5 Å². The van der Waals surface area contributed by atoms with Crippen molar-refractivity contribution >= 4 is 45.5 Å². The minimum absolute atomic E-state index is 0.0451. The molecule has 140 valence electrons. The molecular weight excluding hydrogens is 376 g/mol. The molecule has 0 saturated carbocycles. The standard InChI is InChI=1S/C20H22N4OS2/c1-13(2)16-6-4-5-7-17(16)22-18(25)12-26-20-24-23-19(27-20)21-15-10-8-14(3)9-11-15/h4-11,13H,12H2,1-3H3,(H,21,23)(H,22,25). The van der Waals surface area contributed by atoms with Crippen LogP contribution in [0, 0.1) is 6.92 Å². The van der Waals surface area contributed by atoms with Crippen molar-refractivity contribution in [3.8, 4) is 0 Å². The second-order valence-corrected chi connectivity index (χ2v) is 8.64. The summed E-state index contributed by atoms with van der Waals surface area (Å²) in [5, 5.41) is 15.2. The lowest BCUT2D eigenvalue weighted by atomic mass is 10.0. The van der Waals surface area contributed by atoms with Crippen molar-refractivity contribution in [1.82, 2.24) is 10.2 Å². The molecule has 0 spiro atoms. The predicted octanol–water partition coefficient (Wildman–Crippen LogP) is 5.44. The summed E-state index contributed by atoms with van der Waals surface area (Å²) < 4.78 is 0.761. The first-order valence-corrected chi connectivity index (χ1v) is 10.5. The van der Waals surface area contributed by atoms with Gasteiger partial charge in [0.15, 0.2) is 4.34 Å². The lowest BCUT2D eigenvalue weighted by Gasteiger charge is -2.13. The van der Waals surface area contributed by atoms with Crippen LogP contribution >= 0.6 is 23.1 Å². The average Bonchev–Trinajstić information content (AvgIpc) is 3.10. The molecule has 5 nitrogen and oxygen atoms in total. The number of nitrogens with one attached hydrogen (secondary N) is 2. The van der Waals surface area contributed by atoms with Gasteiger partial charge < -0.3 is 10.6 Å². The molecule has 0 saturated heterocycles. The highest BCUT2D eigenvalue weighted by Crippen LogP contribution is 2.28. The van der Waals surface area contributed by atoms with E-state index in [9.17, 15) is 4.79 Å².